The summed E-state index contributed by atoms with van der Waals surface area (Å²) < 4.78 is 52.1. The van der Waals surface area contributed by atoms with Gasteiger partial charge in [0, 0.05) is 35.0 Å². The minimum absolute atomic E-state index is 0.0734. The lowest BCUT2D eigenvalue weighted by Crippen LogP contribution is -2.23. The van der Waals surface area contributed by atoms with Gasteiger partial charge in [0.15, 0.2) is 0 Å². The number of aromatic nitrogens is 2. The second-order valence-corrected chi connectivity index (χ2v) is 8.88. The molecule has 3 heterocycles. The van der Waals surface area contributed by atoms with E-state index < -0.39 is 22.5 Å². The fourth-order valence-electron chi connectivity index (χ4n) is 3.12. The third-order valence-electron chi connectivity index (χ3n) is 4.58. The van der Waals surface area contributed by atoms with E-state index in [2.05, 4.69) is 20.6 Å². The molecule has 2 aromatic heterocycles. The third-order valence-corrected chi connectivity index (χ3v) is 6.57. The molecule has 152 valence electrons. The van der Waals surface area contributed by atoms with Gasteiger partial charge in [0.05, 0.1) is 21.4 Å². The molecule has 3 aromatic rings. The van der Waals surface area contributed by atoms with Gasteiger partial charge >= 0.3 is 6.18 Å². The molecule has 1 aliphatic heterocycles. The second kappa shape index (κ2) is 7.85. The lowest BCUT2D eigenvalue weighted by molar-refractivity contribution is -0.137. The average molecular weight is 439 g/mol. The maximum absolute atomic E-state index is 13.5. The molecule has 0 saturated carbocycles. The Balaban J connectivity index is 1.70. The molecule has 0 radical (unpaired) electrons. The summed E-state index contributed by atoms with van der Waals surface area (Å²) in [7, 11) is -1.28. The highest BCUT2D eigenvalue weighted by Crippen LogP contribution is 2.39. The van der Waals surface area contributed by atoms with E-state index in [1.54, 1.807) is 5.38 Å². The molecule has 29 heavy (non-hydrogen) atoms. The summed E-state index contributed by atoms with van der Waals surface area (Å²) in [5, 5.41) is 7.87. The summed E-state index contributed by atoms with van der Waals surface area (Å²) in [6.07, 6.45) is -1.39. The van der Waals surface area contributed by atoms with Crippen LogP contribution in [0.15, 0.2) is 40.7 Å². The minimum Gasteiger partial charge on any atom is -0.324 e. The molecule has 0 saturated heterocycles. The molecule has 1 unspecified atom stereocenters. The molecule has 0 fully saturated rings. The maximum atomic E-state index is 13.5. The van der Waals surface area contributed by atoms with Gasteiger partial charge in [-0.15, -0.1) is 11.3 Å². The van der Waals surface area contributed by atoms with Crippen LogP contribution in [0.4, 0.5) is 24.8 Å². The zero-order valence-corrected chi connectivity index (χ0v) is 17.0. The fraction of sp³-hybridized carbons (Fsp3) is 0.263. The monoisotopic (exact) mass is 438 g/mol. The van der Waals surface area contributed by atoms with Crippen LogP contribution in [-0.4, -0.2) is 27.0 Å². The highest BCUT2D eigenvalue weighted by molar-refractivity contribution is 7.84. The number of rotatable bonds is 4. The van der Waals surface area contributed by atoms with Crippen LogP contribution < -0.4 is 10.6 Å². The van der Waals surface area contributed by atoms with Gasteiger partial charge in [-0.1, -0.05) is 6.07 Å². The quantitative estimate of drug-likeness (QED) is 0.634. The van der Waals surface area contributed by atoms with Crippen LogP contribution in [0.5, 0.6) is 0 Å². The summed E-state index contributed by atoms with van der Waals surface area (Å²) in [4.78, 5) is 8.77. The Morgan fingerprint density at radius 3 is 2.79 bits per heavy atom. The van der Waals surface area contributed by atoms with E-state index in [1.807, 2.05) is 18.2 Å². The number of hydrogen-bond donors (Lipinski definition) is 2. The SMILES string of the molecule is CS(=O)c1csc(-c2nc(Nc3ccc4c(c3)CNCC4)ncc2C(F)(F)F)c1. The average Bonchev–Trinajstić information content (AvgIpc) is 3.17. The molecule has 0 aliphatic carbocycles. The van der Waals surface area contributed by atoms with Gasteiger partial charge in [-0.05, 0) is 42.3 Å². The lowest BCUT2D eigenvalue weighted by atomic mass is 10.0. The van der Waals surface area contributed by atoms with Gasteiger partial charge in [0.25, 0.3) is 0 Å². The highest BCUT2D eigenvalue weighted by Gasteiger charge is 2.36. The molecule has 5 nitrogen and oxygen atoms in total. The number of nitrogens with zero attached hydrogens (tertiary/aromatic N) is 2. The highest BCUT2D eigenvalue weighted by atomic mass is 32.2. The van der Waals surface area contributed by atoms with Crippen molar-refractivity contribution in [1.82, 2.24) is 15.3 Å². The number of halogens is 3. The summed E-state index contributed by atoms with van der Waals surface area (Å²) in [5.74, 6) is 0.0734. The summed E-state index contributed by atoms with van der Waals surface area (Å²) >= 11 is 1.08. The van der Waals surface area contributed by atoms with E-state index in [4.69, 9.17) is 0 Å². The standard InChI is InChI=1S/C19H17F3N4OS2/c1-29(27)14-7-16(28-10-14)17-15(19(20,21)22)9-24-18(26-17)25-13-3-2-11-4-5-23-8-12(11)6-13/h2-3,6-7,9-10,23H,4-5,8H2,1H3,(H,24,25,26). The molecule has 4 rings (SSSR count). The molecule has 2 N–H and O–H groups in total. The molecular weight excluding hydrogens is 421 g/mol. The van der Waals surface area contributed by atoms with Crippen LogP contribution in [0, 0.1) is 0 Å². The number of benzene rings is 1. The Morgan fingerprint density at radius 1 is 1.24 bits per heavy atom. The van der Waals surface area contributed by atoms with Crippen molar-refractivity contribution in [3.63, 3.8) is 0 Å². The molecule has 0 amide bonds. The Morgan fingerprint density at radius 2 is 2.07 bits per heavy atom. The van der Waals surface area contributed by atoms with E-state index in [9.17, 15) is 17.4 Å². The van der Waals surface area contributed by atoms with Gasteiger partial charge in [-0.3, -0.25) is 4.21 Å². The van der Waals surface area contributed by atoms with E-state index in [-0.39, 0.29) is 11.6 Å². The van der Waals surface area contributed by atoms with E-state index in [0.29, 0.717) is 15.5 Å². The maximum Gasteiger partial charge on any atom is 0.420 e. The van der Waals surface area contributed by atoms with Gasteiger partial charge in [-0.25, -0.2) is 9.97 Å². The summed E-state index contributed by atoms with van der Waals surface area (Å²) in [6, 6.07) is 7.30. The summed E-state index contributed by atoms with van der Waals surface area (Å²) in [5.41, 5.74) is 1.95. The lowest BCUT2D eigenvalue weighted by Gasteiger charge is -2.18. The molecule has 10 heteroatoms. The predicted octanol–water partition coefficient (Wildman–Crippen LogP) is 4.35. The van der Waals surface area contributed by atoms with Crippen molar-refractivity contribution in [2.45, 2.75) is 24.0 Å². The molecule has 1 aromatic carbocycles. The number of anilines is 2. The first-order chi connectivity index (χ1) is 13.8. The van der Waals surface area contributed by atoms with Crippen molar-refractivity contribution in [3.05, 3.63) is 52.5 Å². The van der Waals surface area contributed by atoms with E-state index in [0.717, 1.165) is 42.6 Å². The van der Waals surface area contributed by atoms with Crippen LogP contribution in [0.2, 0.25) is 0 Å². The van der Waals surface area contributed by atoms with Gasteiger partial charge in [0.1, 0.15) is 5.56 Å². The van der Waals surface area contributed by atoms with Crippen molar-refractivity contribution >= 4 is 33.8 Å². The molecule has 0 bridgehead atoms. The number of hydrogen-bond acceptors (Lipinski definition) is 6. The normalized spacial score (nSPS) is 15.0. The van der Waals surface area contributed by atoms with Gasteiger partial charge in [-0.2, -0.15) is 13.2 Å². The first-order valence-electron chi connectivity index (χ1n) is 8.77. The Bertz CT molecular complexity index is 1080. The van der Waals surface area contributed by atoms with E-state index >= 15 is 0 Å². The van der Waals surface area contributed by atoms with Crippen LogP contribution in [0.3, 0.4) is 0 Å². The van der Waals surface area contributed by atoms with Crippen LogP contribution in [0.25, 0.3) is 10.6 Å². The first kappa shape index (κ1) is 20.0. The predicted molar refractivity (Wildman–Crippen MR) is 108 cm³/mol. The van der Waals surface area contributed by atoms with Crippen molar-refractivity contribution < 1.29 is 17.4 Å². The number of fused-ring (bicyclic) bond motifs is 1. The fourth-order valence-corrected chi connectivity index (χ4v) is 4.94. The van der Waals surface area contributed by atoms with Crippen LogP contribution in [-0.2, 0) is 29.9 Å². The first-order valence-corrected chi connectivity index (χ1v) is 11.2. The second-order valence-electron chi connectivity index (χ2n) is 6.59. The molecular formula is C19H17F3N4OS2. The van der Waals surface area contributed by atoms with E-state index in [1.165, 1.54) is 17.9 Å². The largest absolute Gasteiger partial charge is 0.420 e. The Labute approximate surface area is 171 Å². The number of alkyl halides is 3. The number of nitrogens with one attached hydrogen (secondary N) is 2. The molecule has 1 atom stereocenters. The van der Waals surface area contributed by atoms with Crippen molar-refractivity contribution in [2.75, 3.05) is 18.1 Å². The molecule has 0 spiro atoms. The zero-order valence-electron chi connectivity index (χ0n) is 15.3. The van der Waals surface area contributed by atoms with Gasteiger partial charge < -0.3 is 10.6 Å². The van der Waals surface area contributed by atoms with Crippen molar-refractivity contribution in [1.29, 1.82) is 0 Å². The topological polar surface area (TPSA) is 66.9 Å². The van der Waals surface area contributed by atoms with Gasteiger partial charge in [0.2, 0.25) is 5.95 Å². The number of thiophene rings is 1. The smallest absolute Gasteiger partial charge is 0.324 e. The van der Waals surface area contributed by atoms with Crippen LogP contribution >= 0.6 is 11.3 Å². The van der Waals surface area contributed by atoms with Crippen molar-refractivity contribution in [2.24, 2.45) is 0 Å². The zero-order chi connectivity index (χ0) is 20.6. The Hall–Kier alpha value is -2.30. The Kier molecular flexibility index (Phi) is 5.41. The minimum atomic E-state index is -4.60. The molecule has 1 aliphatic rings. The van der Waals surface area contributed by atoms with Crippen molar-refractivity contribution in [3.8, 4) is 10.6 Å². The third kappa shape index (κ3) is 4.34. The summed E-state index contributed by atoms with van der Waals surface area (Å²) in [6.45, 7) is 1.67. The van der Waals surface area contributed by atoms with Crippen LogP contribution in [0.1, 0.15) is 16.7 Å².